The Balaban J connectivity index is 0.00000450. The van der Waals surface area contributed by atoms with E-state index in [0.717, 1.165) is 35.8 Å². The van der Waals surface area contributed by atoms with Crippen LogP contribution in [0.4, 0.5) is 0 Å². The van der Waals surface area contributed by atoms with Crippen LogP contribution >= 0.6 is 24.0 Å². The molecule has 0 saturated heterocycles. The SMILES string of the molecule is CCc1nn(C)c(CC)c1CNC(=NC)NCc1ccc(C)cc1OCCOC.I. The van der Waals surface area contributed by atoms with Crippen molar-refractivity contribution < 1.29 is 9.47 Å². The van der Waals surface area contributed by atoms with E-state index in [2.05, 4.69) is 59.7 Å². The lowest BCUT2D eigenvalue weighted by atomic mass is 10.1. The summed E-state index contributed by atoms with van der Waals surface area (Å²) in [6.07, 6.45) is 1.88. The quantitative estimate of drug-likeness (QED) is 0.214. The molecule has 0 fully saturated rings. The van der Waals surface area contributed by atoms with E-state index in [1.807, 2.05) is 11.7 Å². The second-order valence-corrected chi connectivity index (χ2v) is 6.93. The van der Waals surface area contributed by atoms with Gasteiger partial charge in [0.05, 0.1) is 12.3 Å². The number of rotatable bonds is 10. The van der Waals surface area contributed by atoms with Crippen LogP contribution in [0, 0.1) is 6.92 Å². The van der Waals surface area contributed by atoms with Gasteiger partial charge >= 0.3 is 0 Å². The van der Waals surface area contributed by atoms with Crippen LogP contribution < -0.4 is 15.4 Å². The molecule has 1 heterocycles. The Bertz CT molecular complexity index is 820. The maximum atomic E-state index is 5.88. The molecule has 0 spiro atoms. The Kier molecular flexibility index (Phi) is 11.8. The molecule has 2 rings (SSSR count). The van der Waals surface area contributed by atoms with Crippen molar-refractivity contribution >= 4 is 29.9 Å². The Morgan fingerprint density at radius 1 is 1.13 bits per heavy atom. The number of hydrogen-bond donors (Lipinski definition) is 2. The molecule has 0 unspecified atom stereocenters. The van der Waals surface area contributed by atoms with Crippen molar-refractivity contribution in [2.45, 2.75) is 46.7 Å². The molecule has 2 N–H and O–H groups in total. The topological polar surface area (TPSA) is 72.7 Å². The summed E-state index contributed by atoms with van der Waals surface area (Å²) in [5.74, 6) is 1.63. The van der Waals surface area contributed by atoms with Crippen molar-refractivity contribution in [3.8, 4) is 5.75 Å². The van der Waals surface area contributed by atoms with Gasteiger partial charge in [-0.1, -0.05) is 26.0 Å². The van der Waals surface area contributed by atoms with Gasteiger partial charge in [0.1, 0.15) is 12.4 Å². The fourth-order valence-electron chi connectivity index (χ4n) is 3.34. The van der Waals surface area contributed by atoms with Crippen molar-refractivity contribution in [3.63, 3.8) is 0 Å². The molecule has 1 aromatic heterocycles. The minimum absolute atomic E-state index is 0. The zero-order chi connectivity index (χ0) is 21.2. The third kappa shape index (κ3) is 7.16. The first-order valence-electron chi connectivity index (χ1n) is 10.2. The van der Waals surface area contributed by atoms with Gasteiger partial charge in [0.2, 0.25) is 0 Å². The van der Waals surface area contributed by atoms with Crippen LogP contribution in [0.3, 0.4) is 0 Å². The van der Waals surface area contributed by atoms with Crippen molar-refractivity contribution in [2.24, 2.45) is 12.0 Å². The molecule has 168 valence electrons. The normalized spacial score (nSPS) is 11.2. The summed E-state index contributed by atoms with van der Waals surface area (Å²) in [6.45, 7) is 8.78. The number of hydrogen-bond acceptors (Lipinski definition) is 4. The van der Waals surface area contributed by atoms with E-state index in [1.54, 1.807) is 14.2 Å². The highest BCUT2D eigenvalue weighted by Gasteiger charge is 2.14. The standard InChI is InChI=1S/C22H35N5O2.HI/c1-7-19-18(20(8-2)27(5)26-19)15-25-22(23-4)24-14-17-10-9-16(3)13-21(17)29-12-11-28-6;/h9-10,13H,7-8,11-12,14-15H2,1-6H3,(H2,23,24,25);1H. The van der Waals surface area contributed by atoms with Crippen LogP contribution in [0.15, 0.2) is 23.2 Å². The summed E-state index contributed by atoms with van der Waals surface area (Å²) >= 11 is 0. The van der Waals surface area contributed by atoms with Gasteiger partial charge in [-0.3, -0.25) is 9.67 Å². The molecule has 0 aliphatic carbocycles. The first-order valence-corrected chi connectivity index (χ1v) is 10.2. The number of aromatic nitrogens is 2. The van der Waals surface area contributed by atoms with Gasteiger partial charge in [-0.05, 0) is 31.4 Å². The number of benzene rings is 1. The predicted molar refractivity (Wildman–Crippen MR) is 133 cm³/mol. The van der Waals surface area contributed by atoms with Crippen molar-refractivity contribution in [3.05, 3.63) is 46.3 Å². The minimum Gasteiger partial charge on any atom is -0.491 e. The van der Waals surface area contributed by atoms with E-state index in [9.17, 15) is 0 Å². The monoisotopic (exact) mass is 529 g/mol. The summed E-state index contributed by atoms with van der Waals surface area (Å²) in [5.41, 5.74) is 5.91. The van der Waals surface area contributed by atoms with E-state index in [1.165, 1.54) is 16.8 Å². The molecule has 7 nitrogen and oxygen atoms in total. The lowest BCUT2D eigenvalue weighted by Crippen LogP contribution is -2.36. The van der Waals surface area contributed by atoms with Gasteiger partial charge in [0.15, 0.2) is 5.96 Å². The van der Waals surface area contributed by atoms with Crippen LogP contribution in [0.25, 0.3) is 0 Å². The number of nitrogens with zero attached hydrogens (tertiary/aromatic N) is 3. The summed E-state index contributed by atoms with van der Waals surface area (Å²) in [4.78, 5) is 4.37. The van der Waals surface area contributed by atoms with Gasteiger partial charge in [-0.2, -0.15) is 5.10 Å². The number of aliphatic imine (C=N–C) groups is 1. The van der Waals surface area contributed by atoms with Gasteiger partial charge in [0.25, 0.3) is 0 Å². The summed E-state index contributed by atoms with van der Waals surface area (Å²) in [5, 5.41) is 11.5. The highest BCUT2D eigenvalue weighted by atomic mass is 127. The smallest absolute Gasteiger partial charge is 0.191 e. The van der Waals surface area contributed by atoms with Crippen LogP contribution in [-0.4, -0.2) is 43.1 Å². The molecule has 0 aliphatic rings. The zero-order valence-corrected chi connectivity index (χ0v) is 21.4. The van der Waals surface area contributed by atoms with Crippen molar-refractivity contribution in [1.82, 2.24) is 20.4 Å². The van der Waals surface area contributed by atoms with Gasteiger partial charge in [0, 0.05) is 51.1 Å². The van der Waals surface area contributed by atoms with Crippen molar-refractivity contribution in [1.29, 1.82) is 0 Å². The Morgan fingerprint density at radius 3 is 2.50 bits per heavy atom. The highest BCUT2D eigenvalue weighted by Crippen LogP contribution is 2.20. The highest BCUT2D eigenvalue weighted by molar-refractivity contribution is 14.0. The average Bonchev–Trinajstić information content (AvgIpc) is 3.04. The second-order valence-electron chi connectivity index (χ2n) is 6.93. The maximum absolute atomic E-state index is 5.88. The third-order valence-electron chi connectivity index (χ3n) is 4.90. The Hall–Kier alpha value is -1.81. The molecule has 0 radical (unpaired) electrons. The van der Waals surface area contributed by atoms with E-state index < -0.39 is 0 Å². The van der Waals surface area contributed by atoms with E-state index in [4.69, 9.17) is 9.47 Å². The number of halogens is 1. The molecule has 30 heavy (non-hydrogen) atoms. The molecule has 2 aromatic rings. The number of nitrogens with one attached hydrogen (secondary N) is 2. The number of ether oxygens (including phenoxy) is 2. The Labute approximate surface area is 197 Å². The molecule has 8 heteroatoms. The summed E-state index contributed by atoms with van der Waals surface area (Å²) in [7, 11) is 5.47. The molecule has 1 aromatic carbocycles. The molecular formula is C22H36IN5O2. The molecule has 0 atom stereocenters. The van der Waals surface area contributed by atoms with Crippen LogP contribution in [-0.2, 0) is 37.7 Å². The minimum atomic E-state index is 0. The fraction of sp³-hybridized carbons (Fsp3) is 0.545. The predicted octanol–water partition coefficient (Wildman–Crippen LogP) is 3.36. The molecule has 0 amide bonds. The van der Waals surface area contributed by atoms with E-state index >= 15 is 0 Å². The molecule has 0 saturated carbocycles. The first kappa shape index (κ1) is 26.2. The van der Waals surface area contributed by atoms with Gasteiger partial charge < -0.3 is 20.1 Å². The van der Waals surface area contributed by atoms with E-state index in [-0.39, 0.29) is 24.0 Å². The largest absolute Gasteiger partial charge is 0.491 e. The third-order valence-corrected chi connectivity index (χ3v) is 4.90. The summed E-state index contributed by atoms with van der Waals surface area (Å²) < 4.78 is 13.0. The lowest BCUT2D eigenvalue weighted by Gasteiger charge is -2.16. The number of guanidine groups is 1. The zero-order valence-electron chi connectivity index (χ0n) is 19.0. The lowest BCUT2D eigenvalue weighted by molar-refractivity contribution is 0.145. The molecule has 0 bridgehead atoms. The molecular weight excluding hydrogens is 493 g/mol. The maximum Gasteiger partial charge on any atom is 0.191 e. The summed E-state index contributed by atoms with van der Waals surface area (Å²) in [6, 6.07) is 6.23. The van der Waals surface area contributed by atoms with Gasteiger partial charge in [-0.25, -0.2) is 0 Å². The average molecular weight is 529 g/mol. The van der Waals surface area contributed by atoms with Crippen LogP contribution in [0.1, 0.15) is 41.9 Å². The fourth-order valence-corrected chi connectivity index (χ4v) is 3.34. The van der Waals surface area contributed by atoms with Gasteiger partial charge in [-0.15, -0.1) is 24.0 Å². The van der Waals surface area contributed by atoms with Crippen LogP contribution in [0.5, 0.6) is 5.75 Å². The van der Waals surface area contributed by atoms with Crippen LogP contribution in [0.2, 0.25) is 0 Å². The number of aryl methyl sites for hydroxylation is 3. The first-order chi connectivity index (χ1) is 14.0. The Morgan fingerprint density at radius 2 is 1.87 bits per heavy atom. The van der Waals surface area contributed by atoms with E-state index in [0.29, 0.717) is 26.3 Å². The number of methoxy groups -OCH3 is 1. The molecule has 0 aliphatic heterocycles. The van der Waals surface area contributed by atoms with Crippen molar-refractivity contribution in [2.75, 3.05) is 27.4 Å². The second kappa shape index (κ2) is 13.5.